The van der Waals surface area contributed by atoms with Crippen molar-refractivity contribution in [2.24, 2.45) is 5.10 Å². The van der Waals surface area contributed by atoms with E-state index in [1.165, 1.54) is 6.21 Å². The Morgan fingerprint density at radius 1 is 1.12 bits per heavy atom. The number of anilines is 1. The predicted octanol–water partition coefficient (Wildman–Crippen LogP) is 4.91. The van der Waals surface area contributed by atoms with Crippen LogP contribution in [0.2, 0.25) is 0 Å². The molecule has 168 valence electrons. The maximum atomic E-state index is 12.0. The number of hydrazone groups is 1. The number of hydrogen-bond acceptors (Lipinski definition) is 6. The average molecular weight is 556 g/mol. The Kier molecular flexibility index (Phi) is 8.49. The third-order valence-corrected chi connectivity index (χ3v) is 5.29. The van der Waals surface area contributed by atoms with Crippen LogP contribution in [0, 0.1) is 14.9 Å². The summed E-state index contributed by atoms with van der Waals surface area (Å²) in [5.41, 5.74) is 5.10. The van der Waals surface area contributed by atoms with Gasteiger partial charge in [0.1, 0.15) is 12.4 Å². The number of benzene rings is 3. The minimum Gasteiger partial charge on any atom is -0.497 e. The Labute approximate surface area is 205 Å². The molecular formula is C24H21IN4O4. The van der Waals surface area contributed by atoms with Gasteiger partial charge in [0.05, 0.1) is 35.6 Å². The number of nitrogens with zero attached hydrogens (tertiary/aromatic N) is 2. The van der Waals surface area contributed by atoms with Crippen LogP contribution in [0.25, 0.3) is 0 Å². The number of nitriles is 1. The SMILES string of the molecule is COc1ccc(NC(=O)N/N=C\c2cc(I)c(OCc3ccccc3C#N)c(OC)c2)cc1. The molecule has 0 saturated carbocycles. The Bertz CT molecular complexity index is 1190. The first-order valence-corrected chi connectivity index (χ1v) is 10.8. The van der Waals surface area contributed by atoms with Gasteiger partial charge in [-0.25, -0.2) is 10.2 Å². The molecular weight excluding hydrogens is 535 g/mol. The lowest BCUT2D eigenvalue weighted by molar-refractivity contribution is 0.252. The van der Waals surface area contributed by atoms with Crippen molar-refractivity contribution in [2.45, 2.75) is 6.61 Å². The van der Waals surface area contributed by atoms with Crippen LogP contribution in [0.3, 0.4) is 0 Å². The fourth-order valence-corrected chi connectivity index (χ4v) is 3.64. The molecule has 0 aromatic heterocycles. The smallest absolute Gasteiger partial charge is 0.339 e. The van der Waals surface area contributed by atoms with Gasteiger partial charge in [0.2, 0.25) is 0 Å². The number of hydrogen-bond donors (Lipinski definition) is 2. The molecule has 3 aromatic carbocycles. The third-order valence-electron chi connectivity index (χ3n) is 4.49. The van der Waals surface area contributed by atoms with Crippen LogP contribution in [0.15, 0.2) is 65.8 Å². The average Bonchev–Trinajstić information content (AvgIpc) is 2.83. The van der Waals surface area contributed by atoms with Gasteiger partial charge in [0.15, 0.2) is 11.5 Å². The van der Waals surface area contributed by atoms with Crippen molar-refractivity contribution in [3.63, 3.8) is 0 Å². The number of carbonyl (C=O) groups is 1. The van der Waals surface area contributed by atoms with E-state index in [9.17, 15) is 10.1 Å². The molecule has 0 aliphatic rings. The minimum absolute atomic E-state index is 0.233. The van der Waals surface area contributed by atoms with E-state index in [4.69, 9.17) is 14.2 Å². The molecule has 0 aliphatic heterocycles. The second kappa shape index (κ2) is 11.7. The van der Waals surface area contributed by atoms with E-state index in [2.05, 4.69) is 44.5 Å². The number of urea groups is 1. The van der Waals surface area contributed by atoms with Crippen molar-refractivity contribution >= 4 is 40.5 Å². The molecule has 8 nitrogen and oxygen atoms in total. The normalized spacial score (nSPS) is 10.4. The van der Waals surface area contributed by atoms with Gasteiger partial charge in [-0.1, -0.05) is 18.2 Å². The zero-order chi connectivity index (χ0) is 23.6. The van der Waals surface area contributed by atoms with Gasteiger partial charge < -0.3 is 19.5 Å². The zero-order valence-corrected chi connectivity index (χ0v) is 20.1. The van der Waals surface area contributed by atoms with Crippen LogP contribution in [-0.2, 0) is 6.61 Å². The molecule has 0 saturated heterocycles. The lowest BCUT2D eigenvalue weighted by atomic mass is 10.1. The summed E-state index contributed by atoms with van der Waals surface area (Å²) >= 11 is 2.14. The first kappa shape index (κ1) is 23.9. The predicted molar refractivity (Wildman–Crippen MR) is 134 cm³/mol. The summed E-state index contributed by atoms with van der Waals surface area (Å²) in [6.07, 6.45) is 1.51. The first-order chi connectivity index (χ1) is 16.0. The molecule has 3 aromatic rings. The van der Waals surface area contributed by atoms with Crippen molar-refractivity contribution in [2.75, 3.05) is 19.5 Å². The molecule has 0 bridgehead atoms. The van der Waals surface area contributed by atoms with E-state index < -0.39 is 6.03 Å². The zero-order valence-electron chi connectivity index (χ0n) is 18.0. The van der Waals surface area contributed by atoms with Gasteiger partial charge in [-0.15, -0.1) is 0 Å². The van der Waals surface area contributed by atoms with Crippen LogP contribution < -0.4 is 25.0 Å². The Morgan fingerprint density at radius 3 is 2.58 bits per heavy atom. The van der Waals surface area contributed by atoms with Crippen LogP contribution in [-0.4, -0.2) is 26.5 Å². The van der Waals surface area contributed by atoms with Crippen molar-refractivity contribution in [3.8, 4) is 23.3 Å². The molecule has 2 N–H and O–H groups in total. The molecule has 3 rings (SSSR count). The van der Waals surface area contributed by atoms with E-state index in [1.54, 1.807) is 50.6 Å². The van der Waals surface area contributed by atoms with Crippen molar-refractivity contribution in [1.82, 2.24) is 5.43 Å². The van der Waals surface area contributed by atoms with Crippen LogP contribution >= 0.6 is 22.6 Å². The summed E-state index contributed by atoms with van der Waals surface area (Å²) in [7, 11) is 3.12. The summed E-state index contributed by atoms with van der Waals surface area (Å²) in [6, 6.07) is 19.5. The standard InChI is InChI=1S/C24H21IN4O4/c1-31-20-9-7-19(8-10-20)28-24(30)29-27-14-16-11-21(25)23(22(12-16)32-2)33-15-18-6-4-3-5-17(18)13-26/h3-12,14H,15H2,1-2H3,(H2,28,29,30)/b27-14-. The van der Waals surface area contributed by atoms with Gasteiger partial charge in [0, 0.05) is 11.3 Å². The number of methoxy groups -OCH3 is 2. The van der Waals surface area contributed by atoms with Crippen molar-refractivity contribution < 1.29 is 19.0 Å². The molecule has 9 heteroatoms. The van der Waals surface area contributed by atoms with E-state index in [0.29, 0.717) is 34.1 Å². The largest absolute Gasteiger partial charge is 0.497 e. The summed E-state index contributed by atoms with van der Waals surface area (Å²) in [6.45, 7) is 0.233. The van der Waals surface area contributed by atoms with E-state index >= 15 is 0 Å². The summed E-state index contributed by atoms with van der Waals surface area (Å²) < 4.78 is 17.3. The summed E-state index contributed by atoms with van der Waals surface area (Å²) in [5, 5.41) is 15.9. The molecule has 0 aliphatic carbocycles. The first-order valence-electron chi connectivity index (χ1n) is 9.76. The van der Waals surface area contributed by atoms with Crippen LogP contribution in [0.1, 0.15) is 16.7 Å². The van der Waals surface area contributed by atoms with Crippen molar-refractivity contribution in [1.29, 1.82) is 5.26 Å². The number of rotatable bonds is 8. The highest BCUT2D eigenvalue weighted by atomic mass is 127. The van der Waals surface area contributed by atoms with Gasteiger partial charge in [-0.2, -0.15) is 10.4 Å². The van der Waals surface area contributed by atoms with Crippen molar-refractivity contribution in [3.05, 3.63) is 80.9 Å². The third kappa shape index (κ3) is 6.60. The molecule has 0 spiro atoms. The number of carbonyl (C=O) groups excluding carboxylic acids is 1. The Hall–Kier alpha value is -3.78. The number of ether oxygens (including phenoxy) is 3. The molecule has 2 amide bonds. The molecule has 0 atom stereocenters. The monoisotopic (exact) mass is 556 g/mol. The van der Waals surface area contributed by atoms with Gasteiger partial charge in [0.25, 0.3) is 0 Å². The van der Waals surface area contributed by atoms with E-state index in [0.717, 1.165) is 9.13 Å². The van der Waals surface area contributed by atoms with Gasteiger partial charge in [-0.3, -0.25) is 0 Å². The molecule has 0 fully saturated rings. The fraction of sp³-hybridized carbons (Fsp3) is 0.125. The fourth-order valence-electron chi connectivity index (χ4n) is 2.86. The number of halogens is 1. The quantitative estimate of drug-likeness (QED) is 0.233. The molecule has 0 heterocycles. The molecule has 0 unspecified atom stereocenters. The highest BCUT2D eigenvalue weighted by Crippen LogP contribution is 2.34. The van der Waals surface area contributed by atoms with E-state index in [1.807, 2.05) is 24.3 Å². The molecule has 33 heavy (non-hydrogen) atoms. The van der Waals surface area contributed by atoms with Crippen LogP contribution in [0.5, 0.6) is 17.2 Å². The highest BCUT2D eigenvalue weighted by molar-refractivity contribution is 14.1. The van der Waals surface area contributed by atoms with Gasteiger partial charge in [-0.05, 0) is 70.6 Å². The Morgan fingerprint density at radius 2 is 1.88 bits per heavy atom. The molecule has 0 radical (unpaired) electrons. The number of nitrogens with one attached hydrogen (secondary N) is 2. The highest BCUT2D eigenvalue weighted by Gasteiger charge is 2.12. The summed E-state index contributed by atoms with van der Waals surface area (Å²) in [4.78, 5) is 12.0. The Balaban J connectivity index is 1.64. The topological polar surface area (TPSA) is 105 Å². The lowest BCUT2D eigenvalue weighted by Crippen LogP contribution is -2.24. The lowest BCUT2D eigenvalue weighted by Gasteiger charge is -2.14. The second-order valence-corrected chi connectivity index (χ2v) is 7.81. The minimum atomic E-state index is -0.478. The van der Waals surface area contributed by atoms with Crippen LogP contribution in [0.4, 0.5) is 10.5 Å². The maximum Gasteiger partial charge on any atom is 0.339 e. The maximum absolute atomic E-state index is 12.0. The number of amides is 2. The van der Waals surface area contributed by atoms with E-state index in [-0.39, 0.29) is 6.61 Å². The summed E-state index contributed by atoms with van der Waals surface area (Å²) in [5.74, 6) is 1.78. The second-order valence-electron chi connectivity index (χ2n) is 6.64. The van der Waals surface area contributed by atoms with Gasteiger partial charge >= 0.3 is 6.03 Å².